The molecule has 1 amide bonds. The molecule has 21 heavy (non-hydrogen) atoms. The van der Waals surface area contributed by atoms with Crippen LogP contribution in [-0.4, -0.2) is 39.7 Å². The van der Waals surface area contributed by atoms with Gasteiger partial charge in [-0.3, -0.25) is 4.79 Å². The van der Waals surface area contributed by atoms with Crippen molar-refractivity contribution in [3.63, 3.8) is 0 Å². The van der Waals surface area contributed by atoms with Gasteiger partial charge in [-0.2, -0.15) is 0 Å². The minimum Gasteiger partial charge on any atom is -0.396 e. The third-order valence-corrected chi connectivity index (χ3v) is 4.46. The molecule has 1 aromatic carbocycles. The molecule has 0 bridgehead atoms. The van der Waals surface area contributed by atoms with Crippen LogP contribution in [0.2, 0.25) is 0 Å². The molecule has 1 saturated carbocycles. The monoisotopic (exact) mass is 286 g/mol. The smallest absolute Gasteiger partial charge is 0.256 e. The first-order chi connectivity index (χ1) is 10.2. The van der Waals surface area contributed by atoms with Crippen LogP contribution in [0.3, 0.4) is 0 Å². The number of rotatable bonds is 5. The number of amides is 1. The molecular weight excluding hydrogens is 264 g/mol. The lowest BCUT2D eigenvalue weighted by Gasteiger charge is -2.37. The van der Waals surface area contributed by atoms with E-state index in [2.05, 4.69) is 0 Å². The van der Waals surface area contributed by atoms with Gasteiger partial charge in [-0.1, -0.05) is 18.2 Å². The zero-order chi connectivity index (χ0) is 14.8. The maximum Gasteiger partial charge on any atom is 0.256 e. The molecule has 0 spiro atoms. The molecule has 0 saturated heterocycles. The van der Waals surface area contributed by atoms with E-state index in [0.717, 1.165) is 29.3 Å². The van der Waals surface area contributed by atoms with Gasteiger partial charge in [0.2, 0.25) is 0 Å². The summed E-state index contributed by atoms with van der Waals surface area (Å²) < 4.78 is 2.01. The van der Waals surface area contributed by atoms with Crippen molar-refractivity contribution in [2.24, 2.45) is 7.05 Å². The van der Waals surface area contributed by atoms with Crippen LogP contribution >= 0.6 is 0 Å². The second-order valence-electron chi connectivity index (χ2n) is 5.83. The van der Waals surface area contributed by atoms with Gasteiger partial charge in [0.05, 0.1) is 5.56 Å². The molecule has 0 unspecified atom stereocenters. The fraction of sp³-hybridized carbons (Fsp3) is 0.471. The SMILES string of the molecule is Cn1cc(C(=O)N(CCCO)C2CCC2)c2ccccc21. The largest absolute Gasteiger partial charge is 0.396 e. The van der Waals surface area contributed by atoms with Crippen LogP contribution in [0.4, 0.5) is 0 Å². The van der Waals surface area contributed by atoms with Crippen LogP contribution < -0.4 is 0 Å². The first-order valence-electron chi connectivity index (χ1n) is 7.68. The number of aryl methyl sites for hydroxylation is 1. The van der Waals surface area contributed by atoms with Crippen molar-refractivity contribution in [3.8, 4) is 0 Å². The van der Waals surface area contributed by atoms with E-state index >= 15 is 0 Å². The van der Waals surface area contributed by atoms with Gasteiger partial charge in [-0.15, -0.1) is 0 Å². The van der Waals surface area contributed by atoms with Gasteiger partial charge in [0.1, 0.15) is 0 Å². The number of aliphatic hydroxyl groups is 1. The summed E-state index contributed by atoms with van der Waals surface area (Å²) in [4.78, 5) is 14.9. The van der Waals surface area contributed by atoms with Crippen LogP contribution in [0.5, 0.6) is 0 Å². The molecular formula is C17H22N2O2. The average molecular weight is 286 g/mol. The predicted molar refractivity (Wildman–Crippen MR) is 83.3 cm³/mol. The van der Waals surface area contributed by atoms with Crippen molar-refractivity contribution in [3.05, 3.63) is 36.0 Å². The summed E-state index contributed by atoms with van der Waals surface area (Å²) in [6.07, 6.45) is 5.94. The molecule has 1 aliphatic carbocycles. The zero-order valence-corrected chi connectivity index (χ0v) is 12.5. The Balaban J connectivity index is 1.93. The third kappa shape index (κ3) is 2.56. The van der Waals surface area contributed by atoms with Crippen LogP contribution in [0.15, 0.2) is 30.5 Å². The number of benzene rings is 1. The third-order valence-electron chi connectivity index (χ3n) is 4.46. The highest BCUT2D eigenvalue weighted by Crippen LogP contribution is 2.29. The van der Waals surface area contributed by atoms with Crippen LogP contribution in [0.25, 0.3) is 10.9 Å². The molecule has 0 atom stereocenters. The van der Waals surface area contributed by atoms with Gasteiger partial charge in [-0.05, 0) is 31.7 Å². The Morgan fingerprint density at radius 2 is 2.14 bits per heavy atom. The quantitative estimate of drug-likeness (QED) is 0.918. The molecule has 1 heterocycles. The number of hydrogen-bond acceptors (Lipinski definition) is 2. The van der Waals surface area contributed by atoms with E-state index in [-0.39, 0.29) is 12.5 Å². The molecule has 112 valence electrons. The Morgan fingerprint density at radius 1 is 1.38 bits per heavy atom. The van der Waals surface area contributed by atoms with Crippen LogP contribution in [0.1, 0.15) is 36.0 Å². The molecule has 1 N–H and O–H groups in total. The molecule has 3 rings (SSSR count). The van der Waals surface area contributed by atoms with Gasteiger partial charge in [0.25, 0.3) is 5.91 Å². The first-order valence-corrected chi connectivity index (χ1v) is 7.68. The Labute approximate surface area is 125 Å². The highest BCUT2D eigenvalue weighted by molar-refractivity contribution is 6.07. The van der Waals surface area contributed by atoms with E-state index < -0.39 is 0 Å². The number of para-hydroxylation sites is 1. The van der Waals surface area contributed by atoms with Crippen molar-refractivity contribution in [1.29, 1.82) is 0 Å². The van der Waals surface area contributed by atoms with Gasteiger partial charge in [0, 0.05) is 43.3 Å². The minimum atomic E-state index is 0.102. The topological polar surface area (TPSA) is 45.5 Å². The van der Waals surface area contributed by atoms with Gasteiger partial charge in [0.15, 0.2) is 0 Å². The summed E-state index contributed by atoms with van der Waals surface area (Å²) >= 11 is 0. The number of aromatic nitrogens is 1. The number of fused-ring (bicyclic) bond motifs is 1. The lowest BCUT2D eigenvalue weighted by Crippen LogP contribution is -2.44. The van der Waals surface area contributed by atoms with Crippen molar-refractivity contribution in [2.75, 3.05) is 13.2 Å². The Hall–Kier alpha value is -1.81. The molecule has 1 fully saturated rings. The Morgan fingerprint density at radius 3 is 2.81 bits per heavy atom. The summed E-state index contributed by atoms with van der Waals surface area (Å²) in [6.45, 7) is 0.773. The summed E-state index contributed by atoms with van der Waals surface area (Å²) in [5.41, 5.74) is 1.86. The van der Waals surface area contributed by atoms with E-state index in [1.54, 1.807) is 0 Å². The van der Waals surface area contributed by atoms with Gasteiger partial charge >= 0.3 is 0 Å². The van der Waals surface area contributed by atoms with Crippen molar-refractivity contribution in [2.45, 2.75) is 31.7 Å². The van der Waals surface area contributed by atoms with Gasteiger partial charge in [-0.25, -0.2) is 0 Å². The van der Waals surface area contributed by atoms with Crippen molar-refractivity contribution >= 4 is 16.8 Å². The van der Waals surface area contributed by atoms with Crippen molar-refractivity contribution in [1.82, 2.24) is 9.47 Å². The summed E-state index contributed by atoms with van der Waals surface area (Å²) in [5.74, 6) is 0.102. The second-order valence-corrected chi connectivity index (χ2v) is 5.83. The number of hydrogen-bond donors (Lipinski definition) is 1. The molecule has 1 aliphatic rings. The molecule has 0 radical (unpaired) electrons. The number of carbonyl (C=O) groups is 1. The zero-order valence-electron chi connectivity index (χ0n) is 12.5. The number of nitrogens with zero attached hydrogens (tertiary/aromatic N) is 2. The van der Waals surface area contributed by atoms with E-state index in [1.165, 1.54) is 6.42 Å². The molecule has 0 aliphatic heterocycles. The summed E-state index contributed by atoms with van der Waals surface area (Å²) in [5, 5.41) is 10.1. The highest BCUT2D eigenvalue weighted by atomic mass is 16.3. The van der Waals surface area contributed by atoms with Crippen LogP contribution in [0, 0.1) is 0 Å². The lowest BCUT2D eigenvalue weighted by molar-refractivity contribution is 0.0564. The van der Waals surface area contributed by atoms with E-state index in [0.29, 0.717) is 19.0 Å². The standard InChI is InChI=1S/C17H22N2O2/c1-18-12-15(14-8-2-3-9-16(14)18)17(21)19(10-5-11-20)13-6-4-7-13/h2-3,8-9,12-13,20H,4-7,10-11H2,1H3. The van der Waals surface area contributed by atoms with Gasteiger partial charge < -0.3 is 14.6 Å². The number of aliphatic hydroxyl groups excluding tert-OH is 1. The van der Waals surface area contributed by atoms with E-state index in [1.807, 2.05) is 47.0 Å². The second kappa shape index (κ2) is 5.90. The highest BCUT2D eigenvalue weighted by Gasteiger charge is 2.30. The summed E-state index contributed by atoms with van der Waals surface area (Å²) in [6, 6.07) is 8.36. The fourth-order valence-corrected chi connectivity index (χ4v) is 3.06. The fourth-order valence-electron chi connectivity index (χ4n) is 3.06. The maximum atomic E-state index is 12.9. The van der Waals surface area contributed by atoms with Crippen LogP contribution in [-0.2, 0) is 7.05 Å². The summed E-state index contributed by atoms with van der Waals surface area (Å²) in [7, 11) is 1.97. The lowest BCUT2D eigenvalue weighted by atomic mass is 9.90. The Bertz CT molecular complexity index is 643. The molecule has 2 aromatic rings. The molecule has 1 aromatic heterocycles. The first kappa shape index (κ1) is 14.1. The normalized spacial score (nSPS) is 15.1. The van der Waals surface area contributed by atoms with E-state index in [4.69, 9.17) is 5.11 Å². The Kier molecular flexibility index (Phi) is 3.97. The molecule has 4 nitrogen and oxygen atoms in total. The van der Waals surface area contributed by atoms with Crippen molar-refractivity contribution < 1.29 is 9.90 Å². The minimum absolute atomic E-state index is 0.102. The number of carbonyl (C=O) groups excluding carboxylic acids is 1. The maximum absolute atomic E-state index is 12.9. The predicted octanol–water partition coefficient (Wildman–Crippen LogP) is 2.56. The van der Waals surface area contributed by atoms with E-state index in [9.17, 15) is 4.79 Å². The average Bonchev–Trinajstić information content (AvgIpc) is 2.78. The molecule has 4 heteroatoms.